The number of carbonyl (C=O) groups is 1. The fraction of sp³-hybridized carbons (Fsp3) is 0.476. The molecule has 0 saturated heterocycles. The average Bonchev–Trinajstić information content (AvgIpc) is 2.73. The van der Waals surface area contributed by atoms with E-state index >= 15 is 0 Å². The lowest BCUT2D eigenvalue weighted by molar-refractivity contribution is -0.160. The highest BCUT2D eigenvalue weighted by Crippen LogP contribution is 2.40. The molecular formula is C21H28N2O5S. The van der Waals surface area contributed by atoms with Gasteiger partial charge in [0.2, 0.25) is 0 Å². The number of nitrogens with one attached hydrogen (secondary N) is 1. The number of aliphatic hydroxyl groups excluding tert-OH is 1. The molecule has 1 heterocycles. The normalized spacial score (nSPS) is 15.3. The van der Waals surface area contributed by atoms with Gasteiger partial charge in [-0.25, -0.2) is 4.79 Å². The molecule has 0 aliphatic heterocycles. The largest absolute Gasteiger partial charge is 0.469 e. The first-order chi connectivity index (χ1) is 13.7. The maximum atomic E-state index is 12.5. The molecule has 0 aliphatic rings. The number of methoxy groups -OCH3 is 1. The van der Waals surface area contributed by atoms with Crippen LogP contribution in [0, 0.1) is 12.3 Å². The van der Waals surface area contributed by atoms with E-state index in [0.717, 1.165) is 5.56 Å². The summed E-state index contributed by atoms with van der Waals surface area (Å²) in [4.78, 5) is 39.2. The molecule has 29 heavy (non-hydrogen) atoms. The number of aliphatic hydroxyl groups is 1. The third-order valence-corrected chi connectivity index (χ3v) is 6.39. The van der Waals surface area contributed by atoms with Crippen LogP contribution in [0.2, 0.25) is 0 Å². The van der Waals surface area contributed by atoms with Gasteiger partial charge in [-0.2, -0.15) is 0 Å². The maximum Gasteiger partial charge on any atom is 0.329 e. The van der Waals surface area contributed by atoms with Crippen molar-refractivity contribution in [2.24, 2.45) is 5.41 Å². The van der Waals surface area contributed by atoms with Gasteiger partial charge in [0.25, 0.3) is 5.56 Å². The molecule has 0 spiro atoms. The van der Waals surface area contributed by atoms with E-state index in [4.69, 9.17) is 4.74 Å². The molecular weight excluding hydrogens is 392 g/mol. The van der Waals surface area contributed by atoms with Gasteiger partial charge in [0.05, 0.1) is 24.0 Å². The fourth-order valence-corrected chi connectivity index (χ4v) is 4.56. The van der Waals surface area contributed by atoms with Crippen LogP contribution in [0.3, 0.4) is 0 Å². The minimum atomic E-state index is -1.21. The van der Waals surface area contributed by atoms with Gasteiger partial charge in [0, 0.05) is 17.5 Å². The summed E-state index contributed by atoms with van der Waals surface area (Å²) in [5.74, 6) is 0.0571. The van der Waals surface area contributed by atoms with Crippen molar-refractivity contribution < 1.29 is 14.6 Å². The smallest absolute Gasteiger partial charge is 0.329 e. The lowest BCUT2D eigenvalue weighted by Crippen LogP contribution is -2.43. The monoisotopic (exact) mass is 420 g/mol. The van der Waals surface area contributed by atoms with Crippen molar-refractivity contribution >= 4 is 17.7 Å². The summed E-state index contributed by atoms with van der Waals surface area (Å²) < 4.78 is 6.38. The van der Waals surface area contributed by atoms with Crippen molar-refractivity contribution in [3.8, 4) is 0 Å². The number of esters is 1. The number of nitrogens with zero attached hydrogens (tertiary/aromatic N) is 1. The second-order valence-electron chi connectivity index (χ2n) is 7.27. The van der Waals surface area contributed by atoms with Crippen molar-refractivity contribution in [2.45, 2.75) is 50.8 Å². The number of thioether (sulfide) groups is 1. The zero-order valence-corrected chi connectivity index (χ0v) is 18.0. The van der Waals surface area contributed by atoms with Crippen molar-refractivity contribution in [3.63, 3.8) is 0 Å². The number of ether oxygens (including phenoxy) is 1. The number of aryl methyl sites for hydroxylation is 1. The van der Waals surface area contributed by atoms with Crippen molar-refractivity contribution in [2.75, 3.05) is 7.11 Å². The first kappa shape index (κ1) is 23.0. The highest BCUT2D eigenvalue weighted by atomic mass is 32.2. The third kappa shape index (κ3) is 5.39. The van der Waals surface area contributed by atoms with Crippen LogP contribution < -0.4 is 11.2 Å². The van der Waals surface area contributed by atoms with Gasteiger partial charge < -0.3 is 9.84 Å². The molecule has 0 saturated carbocycles. The molecule has 0 radical (unpaired) electrons. The Bertz CT molecular complexity index is 940. The SMILES string of the molecule is CCC(O)C(C)(C[C@@H](SCc1ccccc1)n1cc(C)c(=O)[nH]c1=O)C(=O)OC. The summed E-state index contributed by atoms with van der Waals surface area (Å²) in [6.07, 6.45) is 1.09. The standard InChI is InChI=1S/C21H28N2O5S/c1-5-16(24)21(3,19(26)28-4)11-17(29-13-15-9-7-6-8-10-15)23-12-14(2)18(25)22-20(23)27/h6-10,12,16-17,24H,5,11,13H2,1-4H3,(H,22,25,27)/t16?,17-,21?/m1/s1. The minimum Gasteiger partial charge on any atom is -0.469 e. The number of hydrogen-bond donors (Lipinski definition) is 2. The topological polar surface area (TPSA) is 101 Å². The van der Waals surface area contributed by atoms with E-state index < -0.39 is 34.1 Å². The third-order valence-electron chi connectivity index (χ3n) is 5.11. The molecule has 7 nitrogen and oxygen atoms in total. The van der Waals surface area contributed by atoms with E-state index in [-0.39, 0.29) is 6.42 Å². The second-order valence-corrected chi connectivity index (χ2v) is 8.43. The minimum absolute atomic E-state index is 0.164. The molecule has 8 heteroatoms. The Hall–Kier alpha value is -2.32. The Morgan fingerprint density at radius 3 is 2.55 bits per heavy atom. The zero-order valence-electron chi connectivity index (χ0n) is 17.2. The van der Waals surface area contributed by atoms with E-state index in [1.165, 1.54) is 29.6 Å². The van der Waals surface area contributed by atoms with Crippen LogP contribution >= 0.6 is 11.8 Å². The molecule has 1 aromatic heterocycles. The highest BCUT2D eigenvalue weighted by Gasteiger charge is 2.43. The van der Waals surface area contributed by atoms with Gasteiger partial charge in [-0.3, -0.25) is 19.1 Å². The second kappa shape index (κ2) is 9.93. The Balaban J connectivity index is 2.45. The Kier molecular flexibility index (Phi) is 7.87. The number of H-pyrrole nitrogens is 1. The Morgan fingerprint density at radius 2 is 1.97 bits per heavy atom. The molecule has 3 atom stereocenters. The van der Waals surface area contributed by atoms with E-state index in [1.807, 2.05) is 30.3 Å². The summed E-state index contributed by atoms with van der Waals surface area (Å²) in [6, 6.07) is 9.74. The van der Waals surface area contributed by atoms with E-state index in [1.54, 1.807) is 20.8 Å². The predicted molar refractivity (Wildman–Crippen MR) is 114 cm³/mol. The fourth-order valence-electron chi connectivity index (χ4n) is 3.21. The average molecular weight is 421 g/mol. The molecule has 2 rings (SSSR count). The molecule has 2 aromatic rings. The summed E-state index contributed by atoms with van der Waals surface area (Å²) in [6.45, 7) is 5.05. The van der Waals surface area contributed by atoms with Crippen LogP contribution in [0.15, 0.2) is 46.1 Å². The molecule has 2 unspecified atom stereocenters. The molecule has 158 valence electrons. The molecule has 0 aliphatic carbocycles. The lowest BCUT2D eigenvalue weighted by atomic mass is 9.79. The van der Waals surface area contributed by atoms with Crippen LogP contribution in [0.4, 0.5) is 0 Å². The first-order valence-electron chi connectivity index (χ1n) is 9.47. The van der Waals surface area contributed by atoms with Gasteiger partial charge in [0.15, 0.2) is 0 Å². The number of carbonyl (C=O) groups excluding carboxylic acids is 1. The molecule has 0 bridgehead atoms. The predicted octanol–water partition coefficient (Wildman–Crippen LogP) is 2.62. The van der Waals surface area contributed by atoms with Crippen LogP contribution in [0.5, 0.6) is 0 Å². The summed E-state index contributed by atoms with van der Waals surface area (Å²) in [7, 11) is 1.28. The summed E-state index contributed by atoms with van der Waals surface area (Å²) in [5, 5.41) is 10.1. The molecule has 0 amide bonds. The Morgan fingerprint density at radius 1 is 1.31 bits per heavy atom. The van der Waals surface area contributed by atoms with E-state index in [0.29, 0.717) is 17.7 Å². The van der Waals surface area contributed by atoms with Crippen LogP contribution in [0.25, 0.3) is 0 Å². The van der Waals surface area contributed by atoms with Gasteiger partial charge >= 0.3 is 11.7 Å². The van der Waals surface area contributed by atoms with Crippen molar-refractivity contribution in [1.29, 1.82) is 0 Å². The lowest BCUT2D eigenvalue weighted by Gasteiger charge is -2.34. The number of aromatic nitrogens is 2. The maximum absolute atomic E-state index is 12.5. The van der Waals surface area contributed by atoms with Crippen LogP contribution in [0.1, 0.15) is 43.2 Å². The first-order valence-corrected chi connectivity index (χ1v) is 10.5. The van der Waals surface area contributed by atoms with Crippen LogP contribution in [-0.2, 0) is 15.3 Å². The Labute approximate surface area is 174 Å². The van der Waals surface area contributed by atoms with Gasteiger partial charge in [-0.05, 0) is 32.3 Å². The van der Waals surface area contributed by atoms with Crippen molar-refractivity contribution in [1.82, 2.24) is 9.55 Å². The van der Waals surface area contributed by atoms with Gasteiger partial charge in [0.1, 0.15) is 0 Å². The number of benzene rings is 1. The molecule has 2 N–H and O–H groups in total. The number of rotatable bonds is 9. The van der Waals surface area contributed by atoms with Gasteiger partial charge in [-0.1, -0.05) is 37.3 Å². The summed E-state index contributed by atoms with van der Waals surface area (Å²) in [5.41, 5.74) is -0.744. The van der Waals surface area contributed by atoms with Gasteiger partial charge in [-0.15, -0.1) is 11.8 Å². The highest BCUT2D eigenvalue weighted by molar-refractivity contribution is 7.98. The zero-order chi connectivity index (χ0) is 21.6. The summed E-state index contributed by atoms with van der Waals surface area (Å²) >= 11 is 1.46. The number of hydrogen-bond acceptors (Lipinski definition) is 6. The van der Waals surface area contributed by atoms with Crippen molar-refractivity contribution in [3.05, 3.63) is 68.5 Å². The number of aromatic amines is 1. The van der Waals surface area contributed by atoms with E-state index in [2.05, 4.69) is 4.98 Å². The molecule has 1 aromatic carbocycles. The molecule has 0 fully saturated rings. The quantitative estimate of drug-likeness (QED) is 0.605. The van der Waals surface area contributed by atoms with Crippen LogP contribution in [-0.4, -0.2) is 33.8 Å². The van der Waals surface area contributed by atoms with E-state index in [9.17, 15) is 19.5 Å².